The van der Waals surface area contributed by atoms with Crippen LogP contribution in [-0.2, 0) is 0 Å². The second kappa shape index (κ2) is 8.34. The summed E-state index contributed by atoms with van der Waals surface area (Å²) in [4.78, 5) is 4.84. The van der Waals surface area contributed by atoms with Crippen molar-refractivity contribution < 1.29 is 0 Å². The van der Waals surface area contributed by atoms with Crippen molar-refractivity contribution >= 4 is 70.9 Å². The van der Waals surface area contributed by atoms with Crippen molar-refractivity contribution in [3.63, 3.8) is 0 Å². The zero-order valence-corrected chi connectivity index (χ0v) is 23.1. The molecular formula is C39H24N4. The molecule has 0 saturated heterocycles. The maximum atomic E-state index is 4.84. The number of nitrogens with zero attached hydrogens (tertiary/aromatic N) is 4. The molecule has 43 heavy (non-hydrogen) atoms. The summed E-state index contributed by atoms with van der Waals surface area (Å²) in [6, 6.07) is 48.2. The predicted molar refractivity (Wildman–Crippen MR) is 179 cm³/mol. The molecule has 0 unspecified atom stereocenters. The lowest BCUT2D eigenvalue weighted by Crippen LogP contribution is -1.95. The van der Waals surface area contributed by atoms with Gasteiger partial charge in [-0.15, -0.1) is 0 Å². The molecule has 0 radical (unpaired) electrons. The average Bonchev–Trinajstić information content (AvgIpc) is 3.78. The van der Waals surface area contributed by atoms with Gasteiger partial charge in [0.25, 0.3) is 0 Å². The van der Waals surface area contributed by atoms with E-state index >= 15 is 0 Å². The SMILES string of the molecule is c1ccc(-n2c3ccccc3c3c4c5cc6c7ccccc7n7ccnc7c6cc5n(-c5ccccc5)c4ccc32)cc1. The normalized spacial score (nSPS) is 12.2. The van der Waals surface area contributed by atoms with Crippen molar-refractivity contribution in [2.45, 2.75) is 0 Å². The number of hydrogen-bond donors (Lipinski definition) is 0. The van der Waals surface area contributed by atoms with Crippen LogP contribution in [0.25, 0.3) is 82.3 Å². The van der Waals surface area contributed by atoms with Crippen molar-refractivity contribution in [3.8, 4) is 11.4 Å². The standard InChI is InChI=1S/C39H24N4/c1-3-11-25(12-4-1)42-33-18-10-8-16-28(33)37-34(42)19-20-35-38(37)31-23-29-27-15-7-9-17-32(27)41-22-21-40-39(41)30(29)24-36(31)43(35)26-13-5-2-6-14-26/h1-24H. The van der Waals surface area contributed by atoms with Crippen LogP contribution >= 0.6 is 0 Å². The summed E-state index contributed by atoms with van der Waals surface area (Å²) < 4.78 is 7.04. The third kappa shape index (κ3) is 2.97. The second-order valence-electron chi connectivity index (χ2n) is 11.3. The quantitative estimate of drug-likeness (QED) is 0.198. The van der Waals surface area contributed by atoms with E-state index in [0.717, 1.165) is 22.4 Å². The predicted octanol–water partition coefficient (Wildman–Crippen LogP) is 9.83. The molecule has 0 aliphatic rings. The van der Waals surface area contributed by atoms with Gasteiger partial charge in [-0.25, -0.2) is 4.98 Å². The molecule has 0 spiro atoms. The van der Waals surface area contributed by atoms with E-state index in [-0.39, 0.29) is 0 Å². The van der Waals surface area contributed by atoms with Gasteiger partial charge in [0.2, 0.25) is 0 Å². The van der Waals surface area contributed by atoms with Crippen LogP contribution in [0.15, 0.2) is 146 Å². The molecule has 0 N–H and O–H groups in total. The Balaban J connectivity index is 1.49. The van der Waals surface area contributed by atoms with Gasteiger partial charge < -0.3 is 9.13 Å². The van der Waals surface area contributed by atoms with Crippen molar-refractivity contribution in [1.82, 2.24) is 18.5 Å². The minimum absolute atomic E-state index is 0.978. The molecule has 4 nitrogen and oxygen atoms in total. The number of para-hydroxylation sites is 4. The van der Waals surface area contributed by atoms with Crippen LogP contribution in [0, 0.1) is 0 Å². The van der Waals surface area contributed by atoms with Crippen molar-refractivity contribution in [2.75, 3.05) is 0 Å². The van der Waals surface area contributed by atoms with Crippen LogP contribution in [0.4, 0.5) is 0 Å². The first-order valence-electron chi connectivity index (χ1n) is 14.7. The summed E-state index contributed by atoms with van der Waals surface area (Å²) in [5, 5.41) is 8.65. The average molecular weight is 549 g/mol. The van der Waals surface area contributed by atoms with Crippen LogP contribution < -0.4 is 0 Å². The van der Waals surface area contributed by atoms with Crippen LogP contribution in [0.2, 0.25) is 0 Å². The second-order valence-corrected chi connectivity index (χ2v) is 11.3. The molecule has 0 amide bonds. The van der Waals surface area contributed by atoms with Gasteiger partial charge in [0, 0.05) is 56.1 Å². The maximum Gasteiger partial charge on any atom is 0.145 e. The number of aromatic nitrogens is 4. The summed E-state index contributed by atoms with van der Waals surface area (Å²) in [5.41, 5.74) is 9.25. The third-order valence-electron chi connectivity index (χ3n) is 9.07. The van der Waals surface area contributed by atoms with E-state index in [1.54, 1.807) is 0 Å². The highest BCUT2D eigenvalue weighted by Gasteiger charge is 2.22. The first-order chi connectivity index (χ1) is 21.4. The number of pyridine rings is 1. The van der Waals surface area contributed by atoms with Gasteiger partial charge in [0.05, 0.1) is 27.6 Å². The lowest BCUT2D eigenvalue weighted by molar-refractivity contribution is 1.17. The lowest BCUT2D eigenvalue weighted by Gasteiger charge is -2.11. The molecule has 4 heterocycles. The van der Waals surface area contributed by atoms with Crippen LogP contribution in [-0.4, -0.2) is 18.5 Å². The van der Waals surface area contributed by atoms with E-state index in [1.807, 2.05) is 6.20 Å². The Kier molecular flexibility index (Phi) is 4.42. The summed E-state index contributed by atoms with van der Waals surface area (Å²) in [6.07, 6.45) is 3.97. The van der Waals surface area contributed by atoms with Gasteiger partial charge in [-0.2, -0.15) is 0 Å². The number of hydrogen-bond acceptors (Lipinski definition) is 1. The molecule has 0 atom stereocenters. The van der Waals surface area contributed by atoms with Crippen molar-refractivity contribution in [3.05, 3.63) is 146 Å². The molecule has 200 valence electrons. The van der Waals surface area contributed by atoms with Crippen LogP contribution in [0.1, 0.15) is 0 Å². The number of fused-ring (bicyclic) bond motifs is 13. The fraction of sp³-hybridized carbons (Fsp3) is 0. The van der Waals surface area contributed by atoms with E-state index in [2.05, 4.69) is 153 Å². The summed E-state index contributed by atoms with van der Waals surface area (Å²) in [6.45, 7) is 0. The molecule has 0 bridgehead atoms. The molecule has 0 saturated carbocycles. The van der Waals surface area contributed by atoms with E-state index in [9.17, 15) is 0 Å². The molecule has 4 heteroatoms. The van der Waals surface area contributed by atoms with Crippen LogP contribution in [0.5, 0.6) is 0 Å². The Hall–Kier alpha value is -5.87. The van der Waals surface area contributed by atoms with E-state index in [4.69, 9.17) is 4.98 Å². The van der Waals surface area contributed by atoms with Gasteiger partial charge in [-0.3, -0.25) is 4.40 Å². The number of rotatable bonds is 2. The Morgan fingerprint density at radius 3 is 1.70 bits per heavy atom. The summed E-state index contributed by atoms with van der Waals surface area (Å²) in [5.74, 6) is 0. The summed E-state index contributed by atoms with van der Waals surface area (Å²) in [7, 11) is 0. The van der Waals surface area contributed by atoms with E-state index < -0.39 is 0 Å². The first kappa shape index (κ1) is 22.8. The topological polar surface area (TPSA) is 27.2 Å². The Labute approximate surface area is 246 Å². The Morgan fingerprint density at radius 2 is 0.977 bits per heavy atom. The minimum atomic E-state index is 0.978. The molecule has 10 aromatic rings. The van der Waals surface area contributed by atoms with Crippen molar-refractivity contribution in [2.24, 2.45) is 0 Å². The van der Waals surface area contributed by atoms with Crippen molar-refractivity contribution in [1.29, 1.82) is 0 Å². The number of imidazole rings is 1. The lowest BCUT2D eigenvalue weighted by atomic mass is 10.0. The van der Waals surface area contributed by atoms with Gasteiger partial charge in [0.15, 0.2) is 0 Å². The molecule has 6 aromatic carbocycles. The van der Waals surface area contributed by atoms with E-state index in [1.165, 1.54) is 59.9 Å². The largest absolute Gasteiger partial charge is 0.309 e. The summed E-state index contributed by atoms with van der Waals surface area (Å²) >= 11 is 0. The van der Waals surface area contributed by atoms with Gasteiger partial charge >= 0.3 is 0 Å². The fourth-order valence-corrected chi connectivity index (χ4v) is 7.34. The highest BCUT2D eigenvalue weighted by molar-refractivity contribution is 6.31. The molecule has 10 rings (SSSR count). The fourth-order valence-electron chi connectivity index (χ4n) is 7.34. The zero-order valence-electron chi connectivity index (χ0n) is 23.1. The monoisotopic (exact) mass is 548 g/mol. The molecule has 0 aliphatic heterocycles. The Bertz CT molecular complexity index is 2710. The smallest absolute Gasteiger partial charge is 0.145 e. The molecular weight excluding hydrogens is 524 g/mol. The van der Waals surface area contributed by atoms with Crippen LogP contribution in [0.3, 0.4) is 0 Å². The third-order valence-corrected chi connectivity index (χ3v) is 9.07. The molecule has 4 aromatic heterocycles. The minimum Gasteiger partial charge on any atom is -0.309 e. The van der Waals surface area contributed by atoms with E-state index in [0.29, 0.717) is 0 Å². The highest BCUT2D eigenvalue weighted by atomic mass is 15.0. The van der Waals surface area contributed by atoms with Gasteiger partial charge in [-0.05, 0) is 66.0 Å². The van der Waals surface area contributed by atoms with Gasteiger partial charge in [-0.1, -0.05) is 72.8 Å². The highest BCUT2D eigenvalue weighted by Crippen LogP contribution is 2.44. The van der Waals surface area contributed by atoms with Gasteiger partial charge in [0.1, 0.15) is 5.65 Å². The Morgan fingerprint density at radius 1 is 0.395 bits per heavy atom. The maximum absolute atomic E-state index is 4.84. The zero-order chi connectivity index (χ0) is 28.1. The first-order valence-corrected chi connectivity index (χ1v) is 14.7. The molecule has 0 aliphatic carbocycles. The molecule has 0 fully saturated rings. The number of benzene rings is 6.